The van der Waals surface area contributed by atoms with E-state index < -0.39 is 11.6 Å². The molecule has 3 aromatic rings. The van der Waals surface area contributed by atoms with Crippen LogP contribution in [0.1, 0.15) is 11.3 Å². The predicted octanol–water partition coefficient (Wildman–Crippen LogP) is 4.76. The molecule has 0 spiro atoms. The highest BCUT2D eigenvalue weighted by Crippen LogP contribution is 2.20. The Labute approximate surface area is 191 Å². The van der Waals surface area contributed by atoms with E-state index in [9.17, 15) is 8.78 Å². The lowest BCUT2D eigenvalue weighted by atomic mass is 10.2. The fraction of sp³-hybridized carbons (Fsp3) is 0.273. The number of pyridine rings is 1. The van der Waals surface area contributed by atoms with Gasteiger partial charge in [0, 0.05) is 56.2 Å². The summed E-state index contributed by atoms with van der Waals surface area (Å²) in [7, 11) is 0. The largest absolute Gasteiger partial charge is 0.369 e. The van der Waals surface area contributed by atoms with Crippen molar-refractivity contribution in [1.29, 1.82) is 0 Å². The van der Waals surface area contributed by atoms with Gasteiger partial charge in [0.15, 0.2) is 5.82 Å². The Bertz CT molecular complexity index is 1020. The molecule has 2 aromatic heterocycles. The minimum Gasteiger partial charge on any atom is -0.369 e. The lowest BCUT2D eigenvalue weighted by Crippen LogP contribution is -2.46. The summed E-state index contributed by atoms with van der Waals surface area (Å²) in [5, 5.41) is 5.01. The van der Waals surface area contributed by atoms with Crippen molar-refractivity contribution < 1.29 is 8.78 Å². The van der Waals surface area contributed by atoms with Gasteiger partial charge in [0.2, 0.25) is 0 Å². The molecule has 0 saturated carbocycles. The molecular formula is C22H23Cl2F2N5. The first-order valence-electron chi connectivity index (χ1n) is 9.76. The summed E-state index contributed by atoms with van der Waals surface area (Å²) in [6.45, 7) is 5.92. The van der Waals surface area contributed by atoms with Crippen molar-refractivity contribution in [3.05, 3.63) is 76.7 Å². The summed E-state index contributed by atoms with van der Waals surface area (Å²) in [6.07, 6.45) is 7.59. The lowest BCUT2D eigenvalue weighted by Gasteiger charge is -2.35. The smallest absolute Gasteiger partial charge is 0.153 e. The number of hydrogen-bond donors (Lipinski definition) is 0. The van der Waals surface area contributed by atoms with Gasteiger partial charge >= 0.3 is 0 Å². The number of piperazine rings is 1. The van der Waals surface area contributed by atoms with Gasteiger partial charge in [-0.1, -0.05) is 23.8 Å². The quantitative estimate of drug-likeness (QED) is 0.543. The van der Waals surface area contributed by atoms with Crippen molar-refractivity contribution in [2.75, 3.05) is 37.6 Å². The number of benzene rings is 1. The predicted molar refractivity (Wildman–Crippen MR) is 122 cm³/mol. The molecule has 0 N–H and O–H groups in total. The van der Waals surface area contributed by atoms with Gasteiger partial charge in [-0.2, -0.15) is 5.10 Å². The standard InChI is InChI=1S/C22H22ClF2N5.ClH/c1-16-17(14-27-30(16)22-5-4-18(23)15-26-22)3-2-6-28-7-9-29(10-8-28)21-12-19(24)11-20(25)13-21;/h2-5,11-15H,6-10H2,1H3;1H/b3-2+;. The monoisotopic (exact) mass is 465 g/mol. The number of anilines is 1. The van der Waals surface area contributed by atoms with E-state index in [1.54, 1.807) is 16.9 Å². The molecule has 0 bridgehead atoms. The molecule has 5 nitrogen and oxygen atoms in total. The van der Waals surface area contributed by atoms with Gasteiger partial charge < -0.3 is 4.90 Å². The Balaban J connectivity index is 0.00000272. The minimum atomic E-state index is -0.542. The topological polar surface area (TPSA) is 37.2 Å². The van der Waals surface area contributed by atoms with Crippen molar-refractivity contribution in [3.8, 4) is 5.82 Å². The van der Waals surface area contributed by atoms with Crippen LogP contribution in [0.3, 0.4) is 0 Å². The number of halogens is 4. The van der Waals surface area contributed by atoms with E-state index in [1.165, 1.54) is 12.1 Å². The second-order valence-corrected chi connectivity index (χ2v) is 7.69. The fourth-order valence-corrected chi connectivity index (χ4v) is 3.66. The van der Waals surface area contributed by atoms with E-state index >= 15 is 0 Å². The van der Waals surface area contributed by atoms with Crippen molar-refractivity contribution in [2.24, 2.45) is 0 Å². The zero-order valence-corrected chi connectivity index (χ0v) is 18.6. The molecule has 1 aliphatic heterocycles. The van der Waals surface area contributed by atoms with Crippen LogP contribution in [-0.4, -0.2) is 52.4 Å². The summed E-state index contributed by atoms with van der Waals surface area (Å²) < 4.78 is 28.7. The summed E-state index contributed by atoms with van der Waals surface area (Å²) in [4.78, 5) is 8.63. The Morgan fingerprint density at radius 2 is 1.74 bits per heavy atom. The van der Waals surface area contributed by atoms with E-state index in [2.05, 4.69) is 27.1 Å². The average molecular weight is 466 g/mol. The molecule has 31 heavy (non-hydrogen) atoms. The molecular weight excluding hydrogens is 443 g/mol. The molecule has 0 amide bonds. The SMILES string of the molecule is Cc1c(/C=C/CN2CCN(c3cc(F)cc(F)c3)CC2)cnn1-c1ccc(Cl)cn1.Cl. The van der Waals surface area contributed by atoms with E-state index in [4.69, 9.17) is 11.6 Å². The van der Waals surface area contributed by atoms with Crippen LogP contribution in [-0.2, 0) is 0 Å². The molecule has 1 aromatic carbocycles. The second-order valence-electron chi connectivity index (χ2n) is 7.25. The van der Waals surface area contributed by atoms with E-state index in [0.717, 1.165) is 55.9 Å². The molecule has 4 rings (SSSR count). The third kappa shape index (κ3) is 5.61. The maximum Gasteiger partial charge on any atom is 0.153 e. The Morgan fingerprint density at radius 1 is 1.03 bits per heavy atom. The Hall–Kier alpha value is -2.48. The van der Waals surface area contributed by atoms with Crippen molar-refractivity contribution in [1.82, 2.24) is 19.7 Å². The normalized spacial score (nSPS) is 14.8. The van der Waals surface area contributed by atoms with Crippen LogP contribution in [0.15, 0.2) is 48.8 Å². The first kappa shape index (κ1) is 23.2. The summed E-state index contributed by atoms with van der Waals surface area (Å²) in [5.74, 6) is -0.360. The number of rotatable bonds is 5. The zero-order chi connectivity index (χ0) is 21.1. The van der Waals surface area contributed by atoms with Gasteiger partial charge in [-0.05, 0) is 31.2 Å². The van der Waals surface area contributed by atoms with Gasteiger partial charge in [-0.3, -0.25) is 4.90 Å². The molecule has 0 unspecified atom stereocenters. The van der Waals surface area contributed by atoms with Crippen molar-refractivity contribution >= 4 is 35.8 Å². The lowest BCUT2D eigenvalue weighted by molar-refractivity contribution is 0.284. The van der Waals surface area contributed by atoms with Crippen LogP contribution in [0.5, 0.6) is 0 Å². The molecule has 0 aliphatic carbocycles. The van der Waals surface area contributed by atoms with Crippen LogP contribution in [0.2, 0.25) is 5.02 Å². The molecule has 1 fully saturated rings. The highest BCUT2D eigenvalue weighted by molar-refractivity contribution is 6.30. The van der Waals surface area contributed by atoms with Gasteiger partial charge in [0.1, 0.15) is 11.6 Å². The molecule has 0 atom stereocenters. The summed E-state index contributed by atoms with van der Waals surface area (Å²) in [5.41, 5.74) is 2.63. The van der Waals surface area contributed by atoms with Crippen molar-refractivity contribution in [2.45, 2.75) is 6.92 Å². The zero-order valence-electron chi connectivity index (χ0n) is 17.0. The number of nitrogens with zero attached hydrogens (tertiary/aromatic N) is 5. The van der Waals surface area contributed by atoms with Crippen LogP contribution in [0.4, 0.5) is 14.5 Å². The molecule has 164 valence electrons. The first-order chi connectivity index (χ1) is 14.5. The van der Waals surface area contributed by atoms with Crippen LogP contribution in [0.25, 0.3) is 11.9 Å². The summed E-state index contributed by atoms with van der Waals surface area (Å²) in [6, 6.07) is 7.29. The third-order valence-electron chi connectivity index (χ3n) is 5.22. The number of aromatic nitrogens is 3. The van der Waals surface area contributed by atoms with E-state index in [1.807, 2.05) is 24.1 Å². The molecule has 3 heterocycles. The van der Waals surface area contributed by atoms with E-state index in [-0.39, 0.29) is 12.4 Å². The second kappa shape index (κ2) is 10.2. The molecule has 0 radical (unpaired) electrons. The highest BCUT2D eigenvalue weighted by Gasteiger charge is 2.17. The van der Waals surface area contributed by atoms with Gasteiger partial charge in [-0.25, -0.2) is 18.4 Å². The maximum atomic E-state index is 13.4. The Morgan fingerprint density at radius 3 is 2.39 bits per heavy atom. The van der Waals surface area contributed by atoms with Crippen molar-refractivity contribution in [3.63, 3.8) is 0 Å². The summed E-state index contributed by atoms with van der Waals surface area (Å²) >= 11 is 5.90. The molecule has 1 aliphatic rings. The minimum absolute atomic E-state index is 0. The Kier molecular flexibility index (Phi) is 7.64. The first-order valence-corrected chi connectivity index (χ1v) is 10.1. The molecule has 9 heteroatoms. The van der Waals surface area contributed by atoms with E-state index in [0.29, 0.717) is 10.7 Å². The fourth-order valence-electron chi connectivity index (χ4n) is 3.55. The average Bonchev–Trinajstić information content (AvgIpc) is 3.09. The van der Waals surface area contributed by atoms with Crippen LogP contribution >= 0.6 is 24.0 Å². The number of hydrogen-bond acceptors (Lipinski definition) is 4. The van der Waals surface area contributed by atoms with Gasteiger partial charge in [-0.15, -0.1) is 12.4 Å². The van der Waals surface area contributed by atoms with Gasteiger partial charge in [0.25, 0.3) is 0 Å². The molecule has 1 saturated heterocycles. The van der Waals surface area contributed by atoms with Crippen LogP contribution in [0, 0.1) is 18.6 Å². The third-order valence-corrected chi connectivity index (χ3v) is 5.45. The van der Waals surface area contributed by atoms with Gasteiger partial charge in [0.05, 0.1) is 16.9 Å². The maximum absolute atomic E-state index is 13.4. The van der Waals surface area contributed by atoms with Crippen LogP contribution < -0.4 is 4.90 Å². The highest BCUT2D eigenvalue weighted by atomic mass is 35.5.